The van der Waals surface area contributed by atoms with Gasteiger partial charge < -0.3 is 37.6 Å². The van der Waals surface area contributed by atoms with Gasteiger partial charge in [0.25, 0.3) is 0 Å². The molecule has 37 heavy (non-hydrogen) atoms. The molecule has 9 N–H and O–H groups in total. The Morgan fingerprint density at radius 3 is 1.92 bits per heavy atom. The molecular formula is C25H31N5O7. The summed E-state index contributed by atoms with van der Waals surface area (Å²) in [6.07, 6.45) is -0.369. The Morgan fingerprint density at radius 1 is 0.784 bits per heavy atom. The number of rotatable bonds is 13. The zero-order valence-corrected chi connectivity index (χ0v) is 20.2. The van der Waals surface area contributed by atoms with Crippen LogP contribution in [0.5, 0.6) is 5.75 Å². The molecule has 0 aromatic heterocycles. The number of phenols is 1. The first-order chi connectivity index (χ1) is 17.5. The summed E-state index contributed by atoms with van der Waals surface area (Å²) in [4.78, 5) is 60.7. The Kier molecular flexibility index (Phi) is 10.6. The molecule has 0 aliphatic carbocycles. The first-order valence-electron chi connectivity index (χ1n) is 11.5. The molecule has 0 heterocycles. The van der Waals surface area contributed by atoms with Gasteiger partial charge in [-0.3, -0.25) is 19.2 Å². The smallest absolute Gasteiger partial charge is 0.326 e. The van der Waals surface area contributed by atoms with Crippen LogP contribution in [-0.2, 0) is 36.8 Å². The van der Waals surface area contributed by atoms with Crippen LogP contribution in [0, 0.1) is 0 Å². The largest absolute Gasteiger partial charge is 0.508 e. The van der Waals surface area contributed by atoms with E-state index in [9.17, 15) is 34.2 Å². The van der Waals surface area contributed by atoms with Crippen molar-refractivity contribution in [1.29, 1.82) is 0 Å². The van der Waals surface area contributed by atoms with Crippen LogP contribution in [0.4, 0.5) is 0 Å². The Hall–Kier alpha value is -4.45. The fraction of sp³-hybridized carbons (Fsp3) is 0.320. The van der Waals surface area contributed by atoms with E-state index in [4.69, 9.17) is 11.5 Å². The lowest BCUT2D eigenvalue weighted by Gasteiger charge is -2.23. The number of carboxylic acids is 1. The summed E-state index contributed by atoms with van der Waals surface area (Å²) < 4.78 is 0. The highest BCUT2D eigenvalue weighted by Gasteiger charge is 2.29. The van der Waals surface area contributed by atoms with Gasteiger partial charge in [0.15, 0.2) is 0 Å². The van der Waals surface area contributed by atoms with Gasteiger partial charge in [-0.1, -0.05) is 42.5 Å². The minimum atomic E-state index is -1.55. The number of nitrogens with one attached hydrogen (secondary N) is 3. The molecule has 0 saturated heterocycles. The number of hydrogen-bond acceptors (Lipinski definition) is 7. The van der Waals surface area contributed by atoms with Crippen molar-refractivity contribution in [1.82, 2.24) is 16.0 Å². The summed E-state index contributed by atoms with van der Waals surface area (Å²) in [5.41, 5.74) is 12.5. The van der Waals surface area contributed by atoms with Gasteiger partial charge >= 0.3 is 5.97 Å². The van der Waals surface area contributed by atoms with Crippen molar-refractivity contribution >= 4 is 29.6 Å². The molecule has 0 radical (unpaired) electrons. The van der Waals surface area contributed by atoms with E-state index in [1.165, 1.54) is 19.1 Å². The predicted molar refractivity (Wildman–Crippen MR) is 133 cm³/mol. The van der Waals surface area contributed by atoms with Gasteiger partial charge in [0.2, 0.25) is 23.6 Å². The zero-order valence-electron chi connectivity index (χ0n) is 20.2. The van der Waals surface area contributed by atoms with Gasteiger partial charge in [-0.25, -0.2) is 4.79 Å². The fourth-order valence-corrected chi connectivity index (χ4v) is 3.39. The van der Waals surface area contributed by atoms with Gasteiger partial charge in [0.1, 0.15) is 23.9 Å². The monoisotopic (exact) mass is 513 g/mol. The zero-order chi connectivity index (χ0) is 27.5. The number of phenolic OH excluding ortho intramolecular Hbond substituents is 1. The quantitative estimate of drug-likeness (QED) is 0.175. The number of benzene rings is 2. The fourth-order valence-electron chi connectivity index (χ4n) is 3.39. The van der Waals surface area contributed by atoms with E-state index in [0.717, 1.165) is 5.56 Å². The number of aromatic hydroxyl groups is 1. The van der Waals surface area contributed by atoms with E-state index in [1.54, 1.807) is 42.5 Å². The van der Waals surface area contributed by atoms with Crippen LogP contribution in [0.1, 0.15) is 24.5 Å². The van der Waals surface area contributed by atoms with E-state index in [2.05, 4.69) is 16.0 Å². The third kappa shape index (κ3) is 9.61. The minimum Gasteiger partial charge on any atom is -0.508 e. The predicted octanol–water partition coefficient (Wildman–Crippen LogP) is -1.06. The van der Waals surface area contributed by atoms with Crippen LogP contribution in [-0.4, -0.2) is 64.0 Å². The summed E-state index contributed by atoms with van der Waals surface area (Å²) in [6, 6.07) is 10.2. The van der Waals surface area contributed by atoms with E-state index in [-0.39, 0.29) is 18.6 Å². The molecule has 0 saturated carbocycles. The topological polar surface area (TPSA) is 214 Å². The van der Waals surface area contributed by atoms with Gasteiger partial charge in [-0.2, -0.15) is 0 Å². The lowest BCUT2D eigenvalue weighted by atomic mass is 10.0. The maximum absolute atomic E-state index is 13.0. The molecule has 0 aliphatic rings. The van der Waals surface area contributed by atoms with Crippen molar-refractivity contribution in [3.05, 3.63) is 65.7 Å². The van der Waals surface area contributed by atoms with E-state index in [1.807, 2.05) is 0 Å². The Morgan fingerprint density at radius 2 is 1.35 bits per heavy atom. The normalized spacial score (nSPS) is 13.9. The molecule has 0 aliphatic heterocycles. The number of amides is 4. The number of nitrogens with two attached hydrogens (primary N) is 2. The minimum absolute atomic E-state index is 0.0730. The van der Waals surface area contributed by atoms with Crippen LogP contribution in [0.25, 0.3) is 0 Å². The third-order valence-electron chi connectivity index (χ3n) is 5.42. The van der Waals surface area contributed by atoms with Crippen LogP contribution >= 0.6 is 0 Å². The Balaban J connectivity index is 2.09. The number of carbonyl (C=O) groups excluding carboxylic acids is 4. The van der Waals surface area contributed by atoms with Crippen LogP contribution < -0.4 is 27.4 Å². The number of aliphatic carboxylic acids is 1. The molecule has 4 atom stereocenters. The summed E-state index contributed by atoms with van der Waals surface area (Å²) in [7, 11) is 0. The maximum atomic E-state index is 13.0. The van der Waals surface area contributed by atoms with Crippen molar-refractivity contribution in [3.63, 3.8) is 0 Å². The molecule has 0 spiro atoms. The molecule has 2 rings (SSSR count). The second-order valence-electron chi connectivity index (χ2n) is 8.53. The van der Waals surface area contributed by atoms with E-state index < -0.39 is 60.2 Å². The molecule has 198 valence electrons. The molecule has 4 unspecified atom stereocenters. The average molecular weight is 514 g/mol. The molecule has 4 amide bonds. The number of primary amides is 1. The molecular weight excluding hydrogens is 482 g/mol. The second kappa shape index (κ2) is 13.6. The van der Waals surface area contributed by atoms with Gasteiger partial charge in [-0.15, -0.1) is 0 Å². The van der Waals surface area contributed by atoms with Gasteiger partial charge in [-0.05, 0) is 36.6 Å². The molecule has 12 nitrogen and oxygen atoms in total. The molecule has 2 aromatic rings. The number of carboxylic acid groups (broad SMARTS) is 1. The summed E-state index contributed by atoms with van der Waals surface area (Å²) >= 11 is 0. The highest BCUT2D eigenvalue weighted by molar-refractivity contribution is 5.94. The van der Waals surface area contributed by atoms with Gasteiger partial charge in [0, 0.05) is 6.42 Å². The summed E-state index contributed by atoms with van der Waals surface area (Å²) in [5, 5.41) is 25.8. The summed E-state index contributed by atoms with van der Waals surface area (Å²) in [6.45, 7) is 1.33. The Bertz CT molecular complexity index is 1110. The van der Waals surface area contributed by atoms with Gasteiger partial charge in [0.05, 0.1) is 12.5 Å². The van der Waals surface area contributed by atoms with E-state index >= 15 is 0 Å². The van der Waals surface area contributed by atoms with Crippen molar-refractivity contribution in [3.8, 4) is 5.75 Å². The lowest BCUT2D eigenvalue weighted by Crippen LogP contribution is -2.57. The molecule has 12 heteroatoms. The van der Waals surface area contributed by atoms with E-state index in [0.29, 0.717) is 5.56 Å². The van der Waals surface area contributed by atoms with Crippen LogP contribution in [0.15, 0.2) is 54.6 Å². The van der Waals surface area contributed by atoms with Crippen molar-refractivity contribution in [2.24, 2.45) is 11.5 Å². The second-order valence-corrected chi connectivity index (χ2v) is 8.53. The average Bonchev–Trinajstić information content (AvgIpc) is 2.84. The van der Waals surface area contributed by atoms with Crippen molar-refractivity contribution < 1.29 is 34.2 Å². The first-order valence-corrected chi connectivity index (χ1v) is 11.5. The molecule has 0 fully saturated rings. The van der Waals surface area contributed by atoms with Crippen LogP contribution in [0.3, 0.4) is 0 Å². The SMILES string of the molecule is CC(NC(=O)C(Cc1ccccc1)NC(=O)C(N)Cc1ccc(O)cc1)C(=O)NC(CC(N)=O)C(=O)O. The third-order valence-corrected chi connectivity index (χ3v) is 5.42. The lowest BCUT2D eigenvalue weighted by molar-refractivity contribution is -0.143. The molecule has 0 bridgehead atoms. The Labute approximate surface area is 213 Å². The molecule has 2 aromatic carbocycles. The van der Waals surface area contributed by atoms with Crippen LogP contribution in [0.2, 0.25) is 0 Å². The van der Waals surface area contributed by atoms with Crippen molar-refractivity contribution in [2.45, 2.75) is 50.4 Å². The summed E-state index contributed by atoms with van der Waals surface area (Å²) in [5.74, 6) is -4.45. The number of carbonyl (C=O) groups is 5. The maximum Gasteiger partial charge on any atom is 0.326 e. The highest BCUT2D eigenvalue weighted by atomic mass is 16.4. The number of hydrogen-bond donors (Lipinski definition) is 7. The van der Waals surface area contributed by atoms with Crippen molar-refractivity contribution in [2.75, 3.05) is 0 Å². The first kappa shape index (κ1) is 28.8. The highest BCUT2D eigenvalue weighted by Crippen LogP contribution is 2.11. The standard InChI is InChI=1S/C25H31N5O7/c1-14(22(33)30-20(25(36)37)13-21(27)32)28-24(35)19(12-15-5-3-2-4-6-15)29-23(34)18(26)11-16-7-9-17(31)10-8-16/h2-10,14,18-20,31H,11-13,26H2,1H3,(H2,27,32)(H,28,35)(H,29,34)(H,30,33)(H,36,37).